The van der Waals surface area contributed by atoms with Crippen LogP contribution in [0.3, 0.4) is 0 Å². The van der Waals surface area contributed by atoms with Gasteiger partial charge in [0.25, 0.3) is 0 Å². The second kappa shape index (κ2) is 14.4. The summed E-state index contributed by atoms with van der Waals surface area (Å²) in [6.45, 7) is 0. The summed E-state index contributed by atoms with van der Waals surface area (Å²) in [6, 6.07) is 80.2. The van der Waals surface area contributed by atoms with Gasteiger partial charge in [0.15, 0.2) is 0 Å². The van der Waals surface area contributed by atoms with Crippen molar-refractivity contribution in [1.82, 2.24) is 0 Å². The molecule has 0 radical (unpaired) electrons. The number of benzene rings is 9. The minimum absolute atomic E-state index is 0.895. The molecule has 1 heterocycles. The number of hydrogen-bond acceptors (Lipinski definition) is 2. The maximum Gasteiger partial charge on any atom is 0.136 e. The van der Waals surface area contributed by atoms with Crippen LogP contribution in [0.1, 0.15) is 0 Å². The van der Waals surface area contributed by atoms with Crippen LogP contribution in [0.5, 0.6) is 0 Å². The minimum atomic E-state index is 0.895. The molecule has 0 aliphatic carbocycles. The van der Waals surface area contributed by atoms with E-state index < -0.39 is 0 Å². The van der Waals surface area contributed by atoms with Crippen LogP contribution >= 0.6 is 0 Å². The summed E-state index contributed by atoms with van der Waals surface area (Å²) in [4.78, 5) is 2.42. The van der Waals surface area contributed by atoms with Crippen LogP contribution in [0.15, 0.2) is 229 Å². The molecule has 264 valence electrons. The molecule has 0 amide bonds. The lowest BCUT2D eigenvalue weighted by molar-refractivity contribution is 0.669. The zero-order chi connectivity index (χ0) is 37.3. The molecule has 56 heavy (non-hydrogen) atoms. The highest BCUT2D eigenvalue weighted by molar-refractivity contribution is 6.12. The fourth-order valence-electron chi connectivity index (χ4n) is 8.13. The average molecular weight is 716 g/mol. The molecule has 0 N–H and O–H groups in total. The molecule has 0 aliphatic heterocycles. The zero-order valence-corrected chi connectivity index (χ0v) is 30.7. The summed E-state index contributed by atoms with van der Waals surface area (Å²) in [5.74, 6) is 0. The third-order valence-electron chi connectivity index (χ3n) is 10.7. The third kappa shape index (κ3) is 6.04. The van der Waals surface area contributed by atoms with E-state index in [1.54, 1.807) is 0 Å². The summed E-state index contributed by atoms with van der Waals surface area (Å²) in [6.07, 6.45) is 0. The van der Waals surface area contributed by atoms with E-state index in [9.17, 15) is 0 Å². The second-order valence-corrected chi connectivity index (χ2v) is 14.1. The quantitative estimate of drug-likeness (QED) is 0.156. The Morgan fingerprint density at radius 1 is 0.304 bits per heavy atom. The Labute approximate surface area is 327 Å². The first-order valence-electron chi connectivity index (χ1n) is 19.1. The van der Waals surface area contributed by atoms with Gasteiger partial charge in [-0.3, -0.25) is 0 Å². The van der Waals surface area contributed by atoms with Crippen molar-refractivity contribution in [2.24, 2.45) is 0 Å². The molecule has 0 saturated heterocycles. The number of hydrogen-bond donors (Lipinski definition) is 0. The normalized spacial score (nSPS) is 11.2. The maximum atomic E-state index is 6.28. The molecular weight excluding hydrogens is 679 g/mol. The van der Waals surface area contributed by atoms with Gasteiger partial charge < -0.3 is 9.32 Å². The predicted molar refractivity (Wildman–Crippen MR) is 236 cm³/mol. The van der Waals surface area contributed by atoms with Crippen molar-refractivity contribution in [1.29, 1.82) is 0 Å². The highest BCUT2D eigenvalue weighted by atomic mass is 16.3. The van der Waals surface area contributed by atoms with Crippen LogP contribution in [0.4, 0.5) is 17.1 Å². The van der Waals surface area contributed by atoms with E-state index in [0.29, 0.717) is 0 Å². The molecule has 2 nitrogen and oxygen atoms in total. The number of anilines is 3. The van der Waals surface area contributed by atoms with Crippen molar-refractivity contribution in [3.8, 4) is 55.6 Å². The van der Waals surface area contributed by atoms with Crippen molar-refractivity contribution in [3.63, 3.8) is 0 Å². The Morgan fingerprint density at radius 2 is 0.821 bits per heavy atom. The molecule has 9 aromatic carbocycles. The van der Waals surface area contributed by atoms with Crippen LogP contribution in [0.2, 0.25) is 0 Å². The van der Waals surface area contributed by atoms with E-state index in [-0.39, 0.29) is 0 Å². The van der Waals surface area contributed by atoms with E-state index in [2.05, 4.69) is 217 Å². The first-order valence-corrected chi connectivity index (χ1v) is 19.1. The summed E-state index contributed by atoms with van der Waals surface area (Å²) in [5.41, 5.74) is 16.7. The number of furan rings is 1. The Bertz CT molecular complexity index is 2950. The number of nitrogens with zero attached hydrogens (tertiary/aromatic N) is 1. The van der Waals surface area contributed by atoms with Gasteiger partial charge in [0.1, 0.15) is 11.2 Å². The molecule has 10 rings (SSSR count). The van der Waals surface area contributed by atoms with E-state index >= 15 is 0 Å². The molecule has 2 heteroatoms. The van der Waals surface area contributed by atoms with Gasteiger partial charge in [-0.2, -0.15) is 0 Å². The minimum Gasteiger partial charge on any atom is -0.456 e. The zero-order valence-electron chi connectivity index (χ0n) is 30.7. The topological polar surface area (TPSA) is 16.4 Å². The number of rotatable bonds is 8. The van der Waals surface area contributed by atoms with Gasteiger partial charge in [-0.05, 0) is 92.5 Å². The summed E-state index contributed by atoms with van der Waals surface area (Å²) in [5, 5.41) is 2.26. The van der Waals surface area contributed by atoms with Crippen LogP contribution in [-0.4, -0.2) is 0 Å². The average Bonchev–Trinajstić information content (AvgIpc) is 3.67. The molecule has 0 spiro atoms. The summed E-state index contributed by atoms with van der Waals surface area (Å²) in [7, 11) is 0. The largest absolute Gasteiger partial charge is 0.456 e. The Balaban J connectivity index is 1.21. The lowest BCUT2D eigenvalue weighted by atomic mass is 9.87. The molecular formula is C54H37NO. The van der Waals surface area contributed by atoms with E-state index in [1.807, 2.05) is 12.1 Å². The van der Waals surface area contributed by atoms with Gasteiger partial charge in [-0.1, -0.05) is 182 Å². The SMILES string of the molecule is c1ccc(-c2cccc(N(c3ccc(-c4cccc5oc6ccccc6c45)cc3)c3cccc(-c4ccccc4)c3-c3ccccc3-c3ccccc3)c2)cc1. The van der Waals surface area contributed by atoms with Crippen molar-refractivity contribution in [3.05, 3.63) is 224 Å². The van der Waals surface area contributed by atoms with E-state index in [0.717, 1.165) is 55.7 Å². The van der Waals surface area contributed by atoms with Crippen molar-refractivity contribution < 1.29 is 4.42 Å². The molecule has 1 aromatic heterocycles. The van der Waals surface area contributed by atoms with Gasteiger partial charge >= 0.3 is 0 Å². The number of fused-ring (bicyclic) bond motifs is 3. The smallest absolute Gasteiger partial charge is 0.136 e. The molecule has 0 unspecified atom stereocenters. The van der Waals surface area contributed by atoms with Gasteiger partial charge in [0.2, 0.25) is 0 Å². The molecule has 0 aliphatic rings. The monoisotopic (exact) mass is 715 g/mol. The predicted octanol–water partition coefficient (Wildman–Crippen LogP) is 15.4. The molecule has 0 saturated carbocycles. The molecule has 0 atom stereocenters. The van der Waals surface area contributed by atoms with Crippen LogP contribution in [-0.2, 0) is 0 Å². The van der Waals surface area contributed by atoms with Gasteiger partial charge in [-0.15, -0.1) is 0 Å². The first kappa shape index (κ1) is 33.2. The lowest BCUT2D eigenvalue weighted by Crippen LogP contribution is -2.12. The summed E-state index contributed by atoms with van der Waals surface area (Å²) >= 11 is 0. The lowest BCUT2D eigenvalue weighted by Gasteiger charge is -2.30. The van der Waals surface area contributed by atoms with Gasteiger partial charge in [-0.25, -0.2) is 0 Å². The summed E-state index contributed by atoms with van der Waals surface area (Å²) < 4.78 is 6.28. The van der Waals surface area contributed by atoms with Crippen LogP contribution in [0.25, 0.3) is 77.6 Å². The Kier molecular flexibility index (Phi) is 8.55. The standard InChI is InChI=1S/C54H37NO/c1-4-17-38(18-5-1)42-23-14-24-44(37-42)55(43-35-33-41(34-36-43)47-29-16-32-52-54(47)49-27-12-13-31-51(49)56-52)50-30-15-28-46(40-21-8-3-9-22-40)53(50)48-26-11-10-25-45(48)39-19-6-2-7-20-39/h1-37H. The molecule has 10 aromatic rings. The van der Waals surface area contributed by atoms with Crippen LogP contribution in [0, 0.1) is 0 Å². The van der Waals surface area contributed by atoms with Crippen molar-refractivity contribution in [2.75, 3.05) is 4.90 Å². The third-order valence-corrected chi connectivity index (χ3v) is 10.7. The van der Waals surface area contributed by atoms with Crippen LogP contribution < -0.4 is 4.90 Å². The second-order valence-electron chi connectivity index (χ2n) is 14.1. The van der Waals surface area contributed by atoms with Gasteiger partial charge in [0.05, 0.1) is 5.69 Å². The maximum absolute atomic E-state index is 6.28. The Hall–Kier alpha value is -7.42. The highest BCUT2D eigenvalue weighted by Gasteiger charge is 2.23. The van der Waals surface area contributed by atoms with E-state index in [4.69, 9.17) is 4.42 Å². The first-order chi connectivity index (χ1) is 27.8. The fourth-order valence-corrected chi connectivity index (χ4v) is 8.13. The van der Waals surface area contributed by atoms with Gasteiger partial charge in [0, 0.05) is 27.7 Å². The van der Waals surface area contributed by atoms with E-state index in [1.165, 1.54) is 38.9 Å². The van der Waals surface area contributed by atoms with Crippen molar-refractivity contribution >= 4 is 39.0 Å². The molecule has 0 bridgehead atoms. The molecule has 0 fully saturated rings. The number of para-hydroxylation sites is 1. The fraction of sp³-hybridized carbons (Fsp3) is 0. The highest BCUT2D eigenvalue weighted by Crippen LogP contribution is 2.48. The van der Waals surface area contributed by atoms with Crippen molar-refractivity contribution in [2.45, 2.75) is 0 Å². The Morgan fingerprint density at radius 3 is 1.57 bits per heavy atom.